The van der Waals surface area contributed by atoms with Crippen LogP contribution in [-0.4, -0.2) is 13.1 Å². The predicted molar refractivity (Wildman–Crippen MR) is 75.2 cm³/mol. The van der Waals surface area contributed by atoms with E-state index >= 15 is 0 Å². The number of carbonyl (C=O) groups is 1. The molecule has 2 aromatic carbocycles. The van der Waals surface area contributed by atoms with E-state index in [-0.39, 0.29) is 5.82 Å². The van der Waals surface area contributed by atoms with Gasteiger partial charge in [0.1, 0.15) is 5.82 Å². The third kappa shape index (κ3) is 3.32. The fraction of sp³-hybridized carbons (Fsp3) is 0.0714. The SMILES string of the molecule is COC(=O)c1ccc(Br)cc1Nc1ccc(F)cc1. The molecule has 98 valence electrons. The third-order valence-corrected chi connectivity index (χ3v) is 3.00. The molecule has 0 aliphatic rings. The van der Waals surface area contributed by atoms with Crippen LogP contribution in [0.4, 0.5) is 15.8 Å². The van der Waals surface area contributed by atoms with E-state index in [1.54, 1.807) is 30.3 Å². The van der Waals surface area contributed by atoms with Gasteiger partial charge in [-0.05, 0) is 42.5 Å². The van der Waals surface area contributed by atoms with E-state index in [0.717, 1.165) is 4.47 Å². The maximum absolute atomic E-state index is 12.8. The zero-order valence-electron chi connectivity index (χ0n) is 10.1. The quantitative estimate of drug-likeness (QED) is 0.863. The largest absolute Gasteiger partial charge is 0.465 e. The molecule has 5 heteroatoms. The van der Waals surface area contributed by atoms with Crippen molar-refractivity contribution in [2.75, 3.05) is 12.4 Å². The van der Waals surface area contributed by atoms with Crippen LogP contribution in [0.1, 0.15) is 10.4 Å². The lowest BCUT2D eigenvalue weighted by molar-refractivity contribution is 0.0602. The number of hydrogen-bond acceptors (Lipinski definition) is 3. The summed E-state index contributed by atoms with van der Waals surface area (Å²) in [6.07, 6.45) is 0. The van der Waals surface area contributed by atoms with Gasteiger partial charge in [0.15, 0.2) is 0 Å². The van der Waals surface area contributed by atoms with E-state index in [0.29, 0.717) is 16.9 Å². The Balaban J connectivity index is 2.35. The van der Waals surface area contributed by atoms with Gasteiger partial charge in [0.05, 0.1) is 18.4 Å². The molecule has 0 spiro atoms. The number of anilines is 2. The number of nitrogens with one attached hydrogen (secondary N) is 1. The van der Waals surface area contributed by atoms with Crippen molar-refractivity contribution in [3.63, 3.8) is 0 Å². The average Bonchev–Trinajstić information content (AvgIpc) is 2.41. The molecule has 2 aromatic rings. The minimum atomic E-state index is -0.433. The number of halogens is 2. The van der Waals surface area contributed by atoms with Crippen LogP contribution in [-0.2, 0) is 4.74 Å². The Morgan fingerprint density at radius 3 is 2.53 bits per heavy atom. The van der Waals surface area contributed by atoms with Gasteiger partial charge >= 0.3 is 5.97 Å². The first-order valence-corrected chi connectivity index (χ1v) is 6.30. The first-order valence-electron chi connectivity index (χ1n) is 5.50. The highest BCUT2D eigenvalue weighted by molar-refractivity contribution is 9.10. The van der Waals surface area contributed by atoms with Gasteiger partial charge in [0, 0.05) is 10.2 Å². The van der Waals surface area contributed by atoms with Crippen LogP contribution in [0.2, 0.25) is 0 Å². The van der Waals surface area contributed by atoms with Gasteiger partial charge in [-0.25, -0.2) is 9.18 Å². The van der Waals surface area contributed by atoms with E-state index in [4.69, 9.17) is 4.74 Å². The molecular formula is C14H11BrFNO2. The lowest BCUT2D eigenvalue weighted by Crippen LogP contribution is -2.05. The molecule has 0 heterocycles. The number of carbonyl (C=O) groups excluding carboxylic acids is 1. The van der Waals surface area contributed by atoms with Gasteiger partial charge in [-0.1, -0.05) is 15.9 Å². The van der Waals surface area contributed by atoms with E-state index in [9.17, 15) is 9.18 Å². The van der Waals surface area contributed by atoms with Crippen molar-refractivity contribution in [3.05, 3.63) is 58.3 Å². The molecule has 19 heavy (non-hydrogen) atoms. The molecular weight excluding hydrogens is 313 g/mol. The summed E-state index contributed by atoms with van der Waals surface area (Å²) in [5, 5.41) is 3.06. The van der Waals surface area contributed by atoms with Crippen LogP contribution in [0.15, 0.2) is 46.9 Å². The van der Waals surface area contributed by atoms with Crippen molar-refractivity contribution in [2.45, 2.75) is 0 Å². The highest BCUT2D eigenvalue weighted by atomic mass is 79.9. The predicted octanol–water partition coefficient (Wildman–Crippen LogP) is 4.12. The highest BCUT2D eigenvalue weighted by Crippen LogP contribution is 2.25. The maximum Gasteiger partial charge on any atom is 0.339 e. The van der Waals surface area contributed by atoms with Crippen molar-refractivity contribution in [3.8, 4) is 0 Å². The first-order chi connectivity index (χ1) is 9.10. The minimum absolute atomic E-state index is 0.312. The Kier molecular flexibility index (Phi) is 4.16. The molecule has 0 bridgehead atoms. The van der Waals surface area contributed by atoms with Crippen LogP contribution < -0.4 is 5.32 Å². The van der Waals surface area contributed by atoms with E-state index in [1.165, 1.54) is 19.2 Å². The standard InChI is InChI=1S/C14H11BrFNO2/c1-19-14(18)12-7-2-9(15)8-13(12)17-11-5-3-10(16)4-6-11/h2-8,17H,1H3. The summed E-state index contributed by atoms with van der Waals surface area (Å²) in [5.74, 6) is -0.745. The third-order valence-electron chi connectivity index (χ3n) is 2.51. The van der Waals surface area contributed by atoms with Gasteiger partial charge < -0.3 is 10.1 Å². The van der Waals surface area contributed by atoms with Gasteiger partial charge in [0.25, 0.3) is 0 Å². The number of esters is 1. The fourth-order valence-corrected chi connectivity index (χ4v) is 1.96. The van der Waals surface area contributed by atoms with E-state index in [2.05, 4.69) is 21.2 Å². The molecule has 0 unspecified atom stereocenters. The molecule has 0 saturated carbocycles. The van der Waals surface area contributed by atoms with E-state index in [1.807, 2.05) is 0 Å². The van der Waals surface area contributed by atoms with Crippen molar-refractivity contribution < 1.29 is 13.9 Å². The molecule has 1 N–H and O–H groups in total. The van der Waals surface area contributed by atoms with Gasteiger partial charge in [-0.2, -0.15) is 0 Å². The molecule has 0 radical (unpaired) electrons. The second-order valence-electron chi connectivity index (χ2n) is 3.81. The topological polar surface area (TPSA) is 38.3 Å². The van der Waals surface area contributed by atoms with Crippen molar-refractivity contribution in [2.24, 2.45) is 0 Å². The number of rotatable bonds is 3. The van der Waals surface area contributed by atoms with Gasteiger partial charge in [0.2, 0.25) is 0 Å². The zero-order chi connectivity index (χ0) is 13.8. The molecule has 2 rings (SSSR count). The molecule has 3 nitrogen and oxygen atoms in total. The minimum Gasteiger partial charge on any atom is -0.465 e. The molecule has 0 aliphatic carbocycles. The lowest BCUT2D eigenvalue weighted by atomic mass is 10.1. The summed E-state index contributed by atoms with van der Waals surface area (Å²) in [5.41, 5.74) is 1.69. The molecule has 0 fully saturated rings. The van der Waals surface area contributed by atoms with Gasteiger partial charge in [-0.15, -0.1) is 0 Å². The Morgan fingerprint density at radius 1 is 1.21 bits per heavy atom. The summed E-state index contributed by atoms with van der Waals surface area (Å²) < 4.78 is 18.4. The van der Waals surface area contributed by atoms with Crippen LogP contribution in [0.5, 0.6) is 0 Å². The van der Waals surface area contributed by atoms with Crippen LogP contribution in [0.3, 0.4) is 0 Å². The summed E-state index contributed by atoms with van der Waals surface area (Å²) in [6, 6.07) is 11.0. The monoisotopic (exact) mass is 323 g/mol. The molecule has 0 amide bonds. The Morgan fingerprint density at radius 2 is 1.89 bits per heavy atom. The second kappa shape index (κ2) is 5.84. The van der Waals surface area contributed by atoms with Crippen molar-refractivity contribution >= 4 is 33.3 Å². The molecule has 0 atom stereocenters. The van der Waals surface area contributed by atoms with E-state index < -0.39 is 5.97 Å². The Hall–Kier alpha value is -1.88. The maximum atomic E-state index is 12.8. The lowest BCUT2D eigenvalue weighted by Gasteiger charge is -2.11. The summed E-state index contributed by atoms with van der Waals surface area (Å²) in [7, 11) is 1.33. The van der Waals surface area contributed by atoms with Crippen molar-refractivity contribution in [1.29, 1.82) is 0 Å². The normalized spacial score (nSPS) is 10.1. The summed E-state index contributed by atoms with van der Waals surface area (Å²) in [6.45, 7) is 0. The number of hydrogen-bond donors (Lipinski definition) is 1. The highest BCUT2D eigenvalue weighted by Gasteiger charge is 2.12. The molecule has 0 aliphatic heterocycles. The number of methoxy groups -OCH3 is 1. The fourth-order valence-electron chi connectivity index (χ4n) is 1.60. The van der Waals surface area contributed by atoms with Crippen LogP contribution >= 0.6 is 15.9 Å². The average molecular weight is 324 g/mol. The van der Waals surface area contributed by atoms with Crippen LogP contribution in [0.25, 0.3) is 0 Å². The molecule has 0 saturated heterocycles. The Bertz CT molecular complexity index is 599. The zero-order valence-corrected chi connectivity index (χ0v) is 11.7. The number of ether oxygens (including phenoxy) is 1. The smallest absolute Gasteiger partial charge is 0.339 e. The molecule has 0 aromatic heterocycles. The summed E-state index contributed by atoms with van der Waals surface area (Å²) >= 11 is 3.34. The summed E-state index contributed by atoms with van der Waals surface area (Å²) in [4.78, 5) is 11.7. The number of benzene rings is 2. The Labute approximate surface area is 118 Å². The van der Waals surface area contributed by atoms with Crippen LogP contribution in [0, 0.1) is 5.82 Å². The van der Waals surface area contributed by atoms with Crippen molar-refractivity contribution in [1.82, 2.24) is 0 Å². The first kappa shape index (κ1) is 13.5. The van der Waals surface area contributed by atoms with Gasteiger partial charge in [-0.3, -0.25) is 0 Å². The second-order valence-corrected chi connectivity index (χ2v) is 4.73.